The number of halogens is 1. The van der Waals surface area contributed by atoms with Gasteiger partial charge in [0.1, 0.15) is 12.5 Å². The first-order valence-electron chi connectivity index (χ1n) is 10.2. The third kappa shape index (κ3) is 3.56. The van der Waals surface area contributed by atoms with Crippen LogP contribution in [-0.2, 0) is 17.6 Å². The van der Waals surface area contributed by atoms with E-state index in [9.17, 15) is 9.90 Å². The van der Waals surface area contributed by atoms with Crippen LogP contribution < -0.4 is 9.80 Å². The zero-order valence-electron chi connectivity index (χ0n) is 16.6. The van der Waals surface area contributed by atoms with Gasteiger partial charge in [-0.05, 0) is 47.3 Å². The summed E-state index contributed by atoms with van der Waals surface area (Å²) in [5.41, 5.74) is 2.75. The Morgan fingerprint density at radius 1 is 1.13 bits per heavy atom. The number of carbonyl (C=O) groups is 1. The van der Waals surface area contributed by atoms with Gasteiger partial charge in [0.25, 0.3) is 0 Å². The molecule has 0 bridgehead atoms. The third-order valence-electron chi connectivity index (χ3n) is 6.05. The molecule has 0 unspecified atom stereocenters. The van der Waals surface area contributed by atoms with E-state index in [1.165, 1.54) is 15.0 Å². The Kier molecular flexibility index (Phi) is 5.37. The smallest absolute Gasteiger partial charge is 0.233 e. The molecule has 0 aliphatic carbocycles. The summed E-state index contributed by atoms with van der Waals surface area (Å²) in [6, 6.07) is 12.3. The molecular weight excluding hydrogens is 420 g/mol. The molecule has 1 aromatic heterocycles. The number of amides is 1. The van der Waals surface area contributed by atoms with Crippen molar-refractivity contribution in [3.05, 3.63) is 52.5 Å². The van der Waals surface area contributed by atoms with E-state index >= 15 is 0 Å². The minimum absolute atomic E-state index is 0.0774. The van der Waals surface area contributed by atoms with Gasteiger partial charge in [0.15, 0.2) is 0 Å². The predicted molar refractivity (Wildman–Crippen MR) is 122 cm³/mol. The van der Waals surface area contributed by atoms with Crippen LogP contribution in [-0.4, -0.2) is 59.7 Å². The van der Waals surface area contributed by atoms with Gasteiger partial charge in [-0.1, -0.05) is 29.8 Å². The van der Waals surface area contributed by atoms with Gasteiger partial charge in [0.2, 0.25) is 5.91 Å². The molecule has 2 aromatic carbocycles. The Morgan fingerprint density at radius 2 is 1.93 bits per heavy atom. The highest BCUT2D eigenvalue weighted by atomic mass is 35.5. The van der Waals surface area contributed by atoms with Crippen molar-refractivity contribution in [2.75, 3.05) is 49.3 Å². The maximum Gasteiger partial charge on any atom is 0.233 e. The molecule has 5 rings (SSSR count). The van der Waals surface area contributed by atoms with Gasteiger partial charge in [-0.25, -0.2) is 0 Å². The van der Waals surface area contributed by atoms with E-state index in [1.807, 2.05) is 12.1 Å². The van der Waals surface area contributed by atoms with E-state index in [-0.39, 0.29) is 12.6 Å². The quantitative estimate of drug-likeness (QED) is 0.657. The number of fused-ring (bicyclic) bond motifs is 2. The first-order chi connectivity index (χ1) is 14.6. The second kappa shape index (κ2) is 8.15. The van der Waals surface area contributed by atoms with Gasteiger partial charge in [0, 0.05) is 43.1 Å². The van der Waals surface area contributed by atoms with Crippen molar-refractivity contribution in [3.8, 4) is 0 Å². The number of benzene rings is 2. The average molecular weight is 443 g/mol. The van der Waals surface area contributed by atoms with Crippen LogP contribution in [0.4, 0.5) is 11.5 Å². The molecule has 156 valence electrons. The molecule has 3 heterocycles. The van der Waals surface area contributed by atoms with Gasteiger partial charge < -0.3 is 10.0 Å². The Labute approximate surface area is 184 Å². The zero-order chi connectivity index (χ0) is 20.7. The molecule has 8 heteroatoms. The fourth-order valence-corrected chi connectivity index (χ4v) is 5.40. The molecule has 0 atom stereocenters. The van der Waals surface area contributed by atoms with Crippen molar-refractivity contribution in [1.29, 1.82) is 0 Å². The van der Waals surface area contributed by atoms with Gasteiger partial charge in [-0.2, -0.15) is 4.37 Å². The molecular formula is C22H23ClN4O2S. The molecule has 1 saturated heterocycles. The lowest BCUT2D eigenvalue weighted by molar-refractivity contribution is -0.118. The number of piperazine rings is 1. The maximum absolute atomic E-state index is 12.0. The lowest BCUT2D eigenvalue weighted by Gasteiger charge is -2.35. The molecule has 2 aliphatic heterocycles. The van der Waals surface area contributed by atoms with Gasteiger partial charge >= 0.3 is 0 Å². The fourth-order valence-electron chi connectivity index (χ4n) is 4.35. The van der Waals surface area contributed by atoms with Crippen LogP contribution in [0, 0.1) is 0 Å². The highest BCUT2D eigenvalue weighted by Crippen LogP contribution is 2.34. The number of hydrogen-bond donors (Lipinski definition) is 1. The van der Waals surface area contributed by atoms with Gasteiger partial charge in [-0.15, -0.1) is 0 Å². The molecule has 1 amide bonds. The first kappa shape index (κ1) is 19.8. The molecule has 2 aliphatic rings. The van der Waals surface area contributed by atoms with Crippen molar-refractivity contribution in [2.45, 2.75) is 12.8 Å². The van der Waals surface area contributed by atoms with Crippen molar-refractivity contribution in [1.82, 2.24) is 9.27 Å². The lowest BCUT2D eigenvalue weighted by atomic mass is 10.1. The predicted octanol–water partition coefficient (Wildman–Crippen LogP) is 3.15. The average Bonchev–Trinajstić information content (AvgIpc) is 3.32. The highest BCUT2D eigenvalue weighted by Gasteiger charge is 2.28. The van der Waals surface area contributed by atoms with Crippen LogP contribution in [0.2, 0.25) is 5.02 Å². The summed E-state index contributed by atoms with van der Waals surface area (Å²) in [4.78, 5) is 18.2. The monoisotopic (exact) mass is 442 g/mol. The molecule has 1 fully saturated rings. The summed E-state index contributed by atoms with van der Waals surface area (Å²) < 4.78 is 5.92. The topological polar surface area (TPSA) is 59.9 Å². The van der Waals surface area contributed by atoms with E-state index in [4.69, 9.17) is 11.6 Å². The summed E-state index contributed by atoms with van der Waals surface area (Å²) in [5.74, 6) is 1.03. The summed E-state index contributed by atoms with van der Waals surface area (Å²) in [7, 11) is 0. The van der Waals surface area contributed by atoms with Crippen LogP contribution in [0.25, 0.3) is 10.1 Å². The SMILES string of the molecule is O=C1Cc2cc(CCN3CCN(c4nsc5ccccc45)CC3)c(Cl)cc2N1CO. The van der Waals surface area contributed by atoms with E-state index in [2.05, 4.69) is 38.4 Å². The summed E-state index contributed by atoms with van der Waals surface area (Å²) in [6.07, 6.45) is 1.18. The van der Waals surface area contributed by atoms with Crippen LogP contribution in [0.1, 0.15) is 11.1 Å². The van der Waals surface area contributed by atoms with E-state index in [0.29, 0.717) is 11.4 Å². The molecule has 0 radical (unpaired) electrons. The molecule has 1 N–H and O–H groups in total. The molecule has 30 heavy (non-hydrogen) atoms. The van der Waals surface area contributed by atoms with Crippen LogP contribution in [0.15, 0.2) is 36.4 Å². The second-order valence-electron chi connectivity index (χ2n) is 7.79. The Hall–Kier alpha value is -2.19. The van der Waals surface area contributed by atoms with E-state index in [0.717, 1.165) is 61.8 Å². The normalized spacial score (nSPS) is 17.2. The summed E-state index contributed by atoms with van der Waals surface area (Å²) >= 11 is 8.05. The van der Waals surface area contributed by atoms with E-state index < -0.39 is 0 Å². The third-order valence-corrected chi connectivity index (χ3v) is 7.22. The minimum atomic E-state index is -0.305. The van der Waals surface area contributed by atoms with Crippen molar-refractivity contribution in [2.24, 2.45) is 0 Å². The molecule has 3 aromatic rings. The highest BCUT2D eigenvalue weighted by molar-refractivity contribution is 7.13. The first-order valence-corrected chi connectivity index (χ1v) is 11.3. The number of aliphatic hydroxyl groups is 1. The Bertz CT molecular complexity index is 1090. The van der Waals surface area contributed by atoms with Crippen molar-refractivity contribution in [3.63, 3.8) is 0 Å². The minimum Gasteiger partial charge on any atom is -0.376 e. The van der Waals surface area contributed by atoms with Crippen molar-refractivity contribution < 1.29 is 9.90 Å². The Morgan fingerprint density at radius 3 is 2.73 bits per heavy atom. The number of anilines is 2. The molecule has 6 nitrogen and oxygen atoms in total. The summed E-state index contributed by atoms with van der Waals surface area (Å²) in [5, 5.41) is 11.3. The van der Waals surface area contributed by atoms with Crippen LogP contribution >= 0.6 is 23.1 Å². The van der Waals surface area contributed by atoms with Gasteiger partial charge in [0.05, 0.1) is 16.8 Å². The van der Waals surface area contributed by atoms with Crippen LogP contribution in [0.3, 0.4) is 0 Å². The number of aliphatic hydroxyl groups excluding tert-OH is 1. The number of aromatic nitrogens is 1. The fraction of sp³-hybridized carbons (Fsp3) is 0.364. The summed E-state index contributed by atoms with van der Waals surface area (Å²) in [6.45, 7) is 4.54. The second-order valence-corrected chi connectivity index (χ2v) is 9.01. The van der Waals surface area contributed by atoms with E-state index in [1.54, 1.807) is 11.5 Å². The van der Waals surface area contributed by atoms with Crippen LogP contribution in [0.5, 0.6) is 0 Å². The zero-order valence-corrected chi connectivity index (χ0v) is 18.1. The lowest BCUT2D eigenvalue weighted by Crippen LogP contribution is -2.47. The van der Waals surface area contributed by atoms with Crippen molar-refractivity contribution >= 4 is 50.6 Å². The largest absolute Gasteiger partial charge is 0.376 e. The number of rotatable bonds is 5. The maximum atomic E-state index is 12.0. The van der Waals surface area contributed by atoms with Gasteiger partial charge in [-0.3, -0.25) is 14.6 Å². The molecule has 0 spiro atoms. The Balaban J connectivity index is 1.21. The standard InChI is InChI=1S/C22H23ClN4O2S/c23-18-13-19-16(12-21(29)27(19)14-28)11-15(18)5-6-25-7-9-26(10-8-25)22-17-3-1-2-4-20(17)30-24-22/h1-4,11,13,28H,5-10,12,14H2. The number of nitrogens with zero attached hydrogens (tertiary/aromatic N) is 4. The number of hydrogen-bond acceptors (Lipinski definition) is 6. The molecule has 0 saturated carbocycles. The number of carbonyl (C=O) groups excluding carboxylic acids is 1.